The van der Waals surface area contributed by atoms with Crippen molar-refractivity contribution in [3.05, 3.63) is 76.8 Å². The standard InChI is InChI=1S/C23H24N6O4/c1-32-18-9-8-16(14-19(18)33-2)10-12-24-21(30)15-29-23(31)28-13-11-20(26-22(28)27-29)25-17-6-4-3-5-7-17/h3-9,11,13-14H,10,12,15H2,1-2H3,(H,24,30)(H,25,26,27). The fourth-order valence-electron chi connectivity index (χ4n) is 3.32. The number of carbonyl (C=O) groups is 1. The van der Waals surface area contributed by atoms with Gasteiger partial charge < -0.3 is 20.1 Å². The van der Waals surface area contributed by atoms with Crippen molar-refractivity contribution in [2.24, 2.45) is 0 Å². The molecule has 10 heteroatoms. The monoisotopic (exact) mass is 448 g/mol. The molecule has 1 amide bonds. The van der Waals surface area contributed by atoms with Crippen LogP contribution in [-0.4, -0.2) is 45.8 Å². The van der Waals surface area contributed by atoms with Crippen LogP contribution < -0.4 is 25.8 Å². The first-order chi connectivity index (χ1) is 16.1. The summed E-state index contributed by atoms with van der Waals surface area (Å²) in [6.07, 6.45) is 2.18. The Kier molecular flexibility index (Phi) is 6.53. The molecule has 0 aliphatic rings. The highest BCUT2D eigenvalue weighted by atomic mass is 16.5. The molecule has 0 unspecified atom stereocenters. The predicted octanol–water partition coefficient (Wildman–Crippen LogP) is 2.01. The lowest BCUT2D eigenvalue weighted by molar-refractivity contribution is -0.121. The van der Waals surface area contributed by atoms with E-state index in [0.29, 0.717) is 30.3 Å². The molecule has 4 rings (SSSR count). The summed E-state index contributed by atoms with van der Waals surface area (Å²) < 4.78 is 12.9. The number of para-hydroxylation sites is 1. The molecule has 2 aromatic carbocycles. The van der Waals surface area contributed by atoms with Gasteiger partial charge in [0.05, 0.1) is 14.2 Å². The second-order valence-corrected chi connectivity index (χ2v) is 7.20. The Bertz CT molecular complexity index is 1320. The van der Waals surface area contributed by atoms with Crippen molar-refractivity contribution in [3.8, 4) is 11.5 Å². The normalized spacial score (nSPS) is 10.7. The molecule has 0 atom stereocenters. The lowest BCUT2D eigenvalue weighted by atomic mass is 10.1. The van der Waals surface area contributed by atoms with E-state index in [1.54, 1.807) is 26.5 Å². The third-order valence-corrected chi connectivity index (χ3v) is 4.98. The molecule has 0 fully saturated rings. The lowest BCUT2D eigenvalue weighted by Gasteiger charge is -2.10. The third kappa shape index (κ3) is 5.12. The van der Waals surface area contributed by atoms with Gasteiger partial charge in [-0.05, 0) is 42.3 Å². The number of anilines is 2. The van der Waals surface area contributed by atoms with Gasteiger partial charge in [0, 0.05) is 18.4 Å². The lowest BCUT2D eigenvalue weighted by Crippen LogP contribution is -2.33. The van der Waals surface area contributed by atoms with E-state index in [1.807, 2.05) is 48.5 Å². The average molecular weight is 448 g/mol. The van der Waals surface area contributed by atoms with Crippen LogP contribution in [0.3, 0.4) is 0 Å². The van der Waals surface area contributed by atoms with Crippen LogP contribution in [0.15, 0.2) is 65.6 Å². The highest BCUT2D eigenvalue weighted by molar-refractivity contribution is 5.75. The van der Waals surface area contributed by atoms with Crippen molar-refractivity contribution in [1.29, 1.82) is 0 Å². The quantitative estimate of drug-likeness (QED) is 0.403. The number of nitrogens with zero attached hydrogens (tertiary/aromatic N) is 4. The molecule has 33 heavy (non-hydrogen) atoms. The molecular weight excluding hydrogens is 424 g/mol. The van der Waals surface area contributed by atoms with Crippen LogP contribution >= 0.6 is 0 Å². The smallest absolute Gasteiger partial charge is 0.352 e. The number of aromatic nitrogens is 4. The number of fused-ring (bicyclic) bond motifs is 1. The van der Waals surface area contributed by atoms with Crippen LogP contribution in [0.5, 0.6) is 11.5 Å². The van der Waals surface area contributed by atoms with Crippen molar-refractivity contribution >= 4 is 23.2 Å². The third-order valence-electron chi connectivity index (χ3n) is 4.98. The summed E-state index contributed by atoms with van der Waals surface area (Å²) in [4.78, 5) is 29.3. The second kappa shape index (κ2) is 9.86. The van der Waals surface area contributed by atoms with Gasteiger partial charge in [0.25, 0.3) is 5.78 Å². The number of hydrogen-bond acceptors (Lipinski definition) is 7. The minimum atomic E-state index is -0.432. The Hall–Kier alpha value is -4.34. The van der Waals surface area contributed by atoms with Gasteiger partial charge in [-0.2, -0.15) is 4.98 Å². The molecule has 0 aliphatic heterocycles. The van der Waals surface area contributed by atoms with Gasteiger partial charge in [-0.3, -0.25) is 4.79 Å². The van der Waals surface area contributed by atoms with Crippen LogP contribution in [0.1, 0.15) is 5.56 Å². The summed E-state index contributed by atoms with van der Waals surface area (Å²) >= 11 is 0. The van der Waals surface area contributed by atoms with Crippen molar-refractivity contribution in [2.75, 3.05) is 26.1 Å². The topological polar surface area (TPSA) is 112 Å². The summed E-state index contributed by atoms with van der Waals surface area (Å²) in [5.74, 6) is 1.71. The SMILES string of the molecule is COc1ccc(CCNC(=O)Cn2nc3nc(Nc4ccccc4)ccn3c2=O)cc1OC. The number of carbonyl (C=O) groups excluding carboxylic acids is 1. The molecule has 170 valence electrons. The Labute approximate surface area is 189 Å². The molecule has 0 spiro atoms. The molecule has 0 aliphatic carbocycles. The number of amides is 1. The van der Waals surface area contributed by atoms with E-state index in [0.717, 1.165) is 15.9 Å². The molecule has 0 bridgehead atoms. The summed E-state index contributed by atoms with van der Waals surface area (Å²) in [5.41, 5.74) is 1.42. The Morgan fingerprint density at radius 3 is 2.58 bits per heavy atom. The first kappa shape index (κ1) is 21.9. The van der Waals surface area contributed by atoms with Gasteiger partial charge in [-0.1, -0.05) is 24.3 Å². The van der Waals surface area contributed by atoms with Crippen molar-refractivity contribution < 1.29 is 14.3 Å². The average Bonchev–Trinajstić information content (AvgIpc) is 3.13. The largest absolute Gasteiger partial charge is 0.493 e. The van der Waals surface area contributed by atoms with E-state index in [9.17, 15) is 9.59 Å². The van der Waals surface area contributed by atoms with E-state index < -0.39 is 5.69 Å². The van der Waals surface area contributed by atoms with Crippen LogP contribution in [-0.2, 0) is 17.8 Å². The summed E-state index contributed by atoms with van der Waals surface area (Å²) in [6, 6.07) is 16.8. The minimum absolute atomic E-state index is 0.199. The van der Waals surface area contributed by atoms with Crippen LogP contribution in [0.2, 0.25) is 0 Å². The fraction of sp³-hybridized carbons (Fsp3) is 0.217. The van der Waals surface area contributed by atoms with Crippen LogP contribution in [0, 0.1) is 0 Å². The van der Waals surface area contributed by atoms with Gasteiger partial charge in [0.1, 0.15) is 12.4 Å². The van der Waals surface area contributed by atoms with Gasteiger partial charge in [-0.25, -0.2) is 13.9 Å². The number of nitrogens with one attached hydrogen (secondary N) is 2. The molecule has 4 aromatic rings. The van der Waals surface area contributed by atoms with Crippen molar-refractivity contribution in [1.82, 2.24) is 24.5 Å². The molecule has 2 heterocycles. The number of hydrogen-bond donors (Lipinski definition) is 2. The number of methoxy groups -OCH3 is 2. The maximum Gasteiger partial charge on any atom is 0.352 e. The first-order valence-electron chi connectivity index (χ1n) is 10.3. The van der Waals surface area contributed by atoms with Crippen LogP contribution in [0.4, 0.5) is 11.5 Å². The Balaban J connectivity index is 1.37. The molecule has 0 radical (unpaired) electrons. The molecule has 2 N–H and O–H groups in total. The zero-order valence-corrected chi connectivity index (χ0v) is 18.3. The maximum atomic E-state index is 12.6. The van der Waals surface area contributed by atoms with Gasteiger partial charge in [-0.15, -0.1) is 5.10 Å². The molecular formula is C23H24N6O4. The zero-order chi connectivity index (χ0) is 23.2. The summed E-state index contributed by atoms with van der Waals surface area (Å²) in [5, 5.41) is 10.1. The molecule has 10 nitrogen and oxygen atoms in total. The van der Waals surface area contributed by atoms with E-state index in [-0.39, 0.29) is 18.2 Å². The van der Waals surface area contributed by atoms with Crippen molar-refractivity contribution in [3.63, 3.8) is 0 Å². The van der Waals surface area contributed by atoms with Crippen LogP contribution in [0.25, 0.3) is 5.78 Å². The summed E-state index contributed by atoms with van der Waals surface area (Å²) in [6.45, 7) is 0.204. The predicted molar refractivity (Wildman–Crippen MR) is 123 cm³/mol. The highest BCUT2D eigenvalue weighted by Crippen LogP contribution is 2.27. The van der Waals surface area contributed by atoms with E-state index in [2.05, 4.69) is 20.7 Å². The number of ether oxygens (including phenoxy) is 2. The first-order valence-corrected chi connectivity index (χ1v) is 10.3. The Morgan fingerprint density at radius 2 is 1.82 bits per heavy atom. The van der Waals surface area contributed by atoms with Gasteiger partial charge in [0.15, 0.2) is 11.5 Å². The van der Waals surface area contributed by atoms with Crippen molar-refractivity contribution in [2.45, 2.75) is 13.0 Å². The molecule has 2 aromatic heterocycles. The van der Waals surface area contributed by atoms with E-state index >= 15 is 0 Å². The number of rotatable bonds is 9. The van der Waals surface area contributed by atoms with E-state index in [4.69, 9.17) is 9.47 Å². The highest BCUT2D eigenvalue weighted by Gasteiger charge is 2.12. The molecule has 0 saturated heterocycles. The van der Waals surface area contributed by atoms with Gasteiger partial charge in [0.2, 0.25) is 5.91 Å². The Morgan fingerprint density at radius 1 is 1.03 bits per heavy atom. The van der Waals surface area contributed by atoms with E-state index in [1.165, 1.54) is 4.40 Å². The zero-order valence-electron chi connectivity index (χ0n) is 18.3. The summed E-state index contributed by atoms with van der Waals surface area (Å²) in [7, 11) is 3.15. The second-order valence-electron chi connectivity index (χ2n) is 7.20. The number of benzene rings is 2. The molecule has 0 saturated carbocycles. The van der Waals surface area contributed by atoms with Gasteiger partial charge >= 0.3 is 5.69 Å². The fourth-order valence-corrected chi connectivity index (χ4v) is 3.32. The minimum Gasteiger partial charge on any atom is -0.493 e. The maximum absolute atomic E-state index is 12.6.